The van der Waals surface area contributed by atoms with Crippen LogP contribution in [-0.2, 0) is 0 Å². The molecule has 0 saturated carbocycles. The van der Waals surface area contributed by atoms with Crippen molar-refractivity contribution in [3.05, 3.63) is 59.8 Å². The Morgan fingerprint density at radius 2 is 1.95 bits per heavy atom. The zero-order valence-corrected chi connectivity index (χ0v) is 11.5. The van der Waals surface area contributed by atoms with Crippen LogP contribution in [0.15, 0.2) is 60.0 Å². The molecule has 0 spiro atoms. The van der Waals surface area contributed by atoms with Crippen molar-refractivity contribution in [1.29, 1.82) is 0 Å². The number of nitrogens with zero attached hydrogens (tertiary/aromatic N) is 4. The molecule has 0 bridgehead atoms. The Bertz CT molecular complexity index is 1020. The van der Waals surface area contributed by atoms with Crippen molar-refractivity contribution in [3.63, 3.8) is 0 Å². The first-order valence-electron chi connectivity index (χ1n) is 6.73. The van der Waals surface area contributed by atoms with Crippen LogP contribution in [0.5, 0.6) is 0 Å². The maximum absolute atomic E-state index is 10.8. The Balaban J connectivity index is 2.19. The Morgan fingerprint density at radius 3 is 2.82 bits per heavy atom. The first-order chi connectivity index (χ1) is 10.8. The number of hydrogen-bond acceptors (Lipinski definition) is 5. The maximum atomic E-state index is 10.8. The largest absolute Gasteiger partial charge is 0.369 e. The molecule has 0 radical (unpaired) electrons. The smallest absolute Gasteiger partial charge is 0.206 e. The summed E-state index contributed by atoms with van der Waals surface area (Å²) in [4.78, 5) is 19.4. The third-order valence-corrected chi connectivity index (χ3v) is 3.67. The predicted octanol–water partition coefficient (Wildman–Crippen LogP) is 3.53. The van der Waals surface area contributed by atoms with Gasteiger partial charge in [0.15, 0.2) is 0 Å². The molecule has 0 aliphatic rings. The van der Waals surface area contributed by atoms with E-state index in [4.69, 9.17) is 5.73 Å². The molecule has 3 heterocycles. The standard InChI is InChI=1S/C16H11N5O/c17-16-19-8-6-13-14(10-3-1-4-11(9-10)20-22)12-5-2-7-18-15(12)21(13)16/h1-9H,(H2,17,19). The second-order valence-corrected chi connectivity index (χ2v) is 4.91. The highest BCUT2D eigenvalue weighted by Gasteiger charge is 2.16. The van der Waals surface area contributed by atoms with Crippen molar-refractivity contribution in [2.45, 2.75) is 0 Å². The zero-order valence-electron chi connectivity index (χ0n) is 11.5. The van der Waals surface area contributed by atoms with Gasteiger partial charge in [0, 0.05) is 23.3 Å². The van der Waals surface area contributed by atoms with Crippen LogP contribution in [0.25, 0.3) is 27.7 Å². The molecule has 106 valence electrons. The molecule has 6 heteroatoms. The first-order valence-corrected chi connectivity index (χ1v) is 6.73. The van der Waals surface area contributed by atoms with E-state index in [0.717, 1.165) is 27.7 Å². The van der Waals surface area contributed by atoms with Gasteiger partial charge in [-0.3, -0.25) is 4.40 Å². The average molecular weight is 289 g/mol. The number of anilines is 1. The molecule has 0 amide bonds. The Morgan fingerprint density at radius 1 is 1.05 bits per heavy atom. The van der Waals surface area contributed by atoms with E-state index in [1.54, 1.807) is 24.5 Å². The van der Waals surface area contributed by atoms with Gasteiger partial charge < -0.3 is 5.73 Å². The maximum Gasteiger partial charge on any atom is 0.206 e. The lowest BCUT2D eigenvalue weighted by atomic mass is 10.0. The molecule has 4 aromatic rings. The van der Waals surface area contributed by atoms with E-state index in [9.17, 15) is 4.91 Å². The molecule has 0 aliphatic carbocycles. The van der Waals surface area contributed by atoms with Gasteiger partial charge in [0.2, 0.25) is 5.95 Å². The molecule has 0 unspecified atom stereocenters. The van der Waals surface area contributed by atoms with Crippen LogP contribution >= 0.6 is 0 Å². The average Bonchev–Trinajstić information content (AvgIpc) is 2.90. The van der Waals surface area contributed by atoms with Crippen LogP contribution in [0.3, 0.4) is 0 Å². The summed E-state index contributed by atoms with van der Waals surface area (Å²) in [6, 6.07) is 12.9. The summed E-state index contributed by atoms with van der Waals surface area (Å²) >= 11 is 0. The number of pyridine rings is 1. The highest BCUT2D eigenvalue weighted by molar-refractivity contribution is 6.05. The number of aromatic nitrogens is 3. The van der Waals surface area contributed by atoms with Crippen LogP contribution in [0.1, 0.15) is 0 Å². The highest BCUT2D eigenvalue weighted by Crippen LogP contribution is 2.36. The van der Waals surface area contributed by atoms with Gasteiger partial charge in [-0.05, 0) is 41.1 Å². The van der Waals surface area contributed by atoms with E-state index < -0.39 is 0 Å². The molecular formula is C16H11N5O. The van der Waals surface area contributed by atoms with Crippen molar-refractivity contribution < 1.29 is 0 Å². The monoisotopic (exact) mass is 289 g/mol. The number of nitrogens with two attached hydrogens (primary N) is 1. The van der Waals surface area contributed by atoms with Crippen LogP contribution in [0, 0.1) is 4.91 Å². The van der Waals surface area contributed by atoms with Crippen molar-refractivity contribution >= 4 is 28.2 Å². The highest BCUT2D eigenvalue weighted by atomic mass is 16.3. The molecular weight excluding hydrogens is 278 g/mol. The minimum Gasteiger partial charge on any atom is -0.369 e. The Labute approximate surface area is 125 Å². The van der Waals surface area contributed by atoms with E-state index in [2.05, 4.69) is 15.1 Å². The zero-order chi connectivity index (χ0) is 15.1. The fraction of sp³-hybridized carbons (Fsp3) is 0. The van der Waals surface area contributed by atoms with Gasteiger partial charge >= 0.3 is 0 Å². The molecule has 0 saturated heterocycles. The van der Waals surface area contributed by atoms with Gasteiger partial charge in [-0.15, -0.1) is 4.91 Å². The summed E-state index contributed by atoms with van der Waals surface area (Å²) in [5.74, 6) is 0.372. The minimum absolute atomic E-state index is 0.372. The summed E-state index contributed by atoms with van der Waals surface area (Å²) < 4.78 is 1.81. The number of nitrogen functional groups attached to an aromatic ring is 1. The van der Waals surface area contributed by atoms with E-state index in [1.807, 2.05) is 34.7 Å². The molecule has 6 nitrogen and oxygen atoms in total. The third-order valence-electron chi connectivity index (χ3n) is 3.67. The van der Waals surface area contributed by atoms with Crippen LogP contribution in [-0.4, -0.2) is 14.4 Å². The Kier molecular flexibility index (Phi) is 2.62. The summed E-state index contributed by atoms with van der Waals surface area (Å²) in [6.45, 7) is 0. The van der Waals surface area contributed by atoms with Crippen LogP contribution in [0.2, 0.25) is 0 Å². The topological polar surface area (TPSA) is 85.6 Å². The van der Waals surface area contributed by atoms with Crippen molar-refractivity contribution in [2.24, 2.45) is 5.18 Å². The third kappa shape index (κ3) is 1.67. The van der Waals surface area contributed by atoms with Gasteiger partial charge in [-0.1, -0.05) is 12.1 Å². The fourth-order valence-electron chi connectivity index (χ4n) is 2.79. The van der Waals surface area contributed by atoms with Crippen molar-refractivity contribution in [3.8, 4) is 11.1 Å². The summed E-state index contributed by atoms with van der Waals surface area (Å²) in [6.07, 6.45) is 3.38. The lowest BCUT2D eigenvalue weighted by Gasteiger charge is -2.03. The van der Waals surface area contributed by atoms with Crippen molar-refractivity contribution in [2.75, 3.05) is 5.73 Å². The number of hydrogen-bond donors (Lipinski definition) is 1. The van der Waals surface area contributed by atoms with Gasteiger partial charge in [-0.25, -0.2) is 9.97 Å². The summed E-state index contributed by atoms with van der Waals surface area (Å²) in [5.41, 5.74) is 9.88. The molecule has 0 aliphatic heterocycles. The Hall–Kier alpha value is -3.28. The summed E-state index contributed by atoms with van der Waals surface area (Å²) in [5, 5.41) is 3.96. The SMILES string of the molecule is Nc1nccc2c(-c3cccc(N=O)c3)c3cccnc3n12. The summed E-state index contributed by atoms with van der Waals surface area (Å²) in [7, 11) is 0. The number of benzene rings is 1. The van der Waals surface area contributed by atoms with E-state index in [-0.39, 0.29) is 0 Å². The van der Waals surface area contributed by atoms with Gasteiger partial charge in [-0.2, -0.15) is 0 Å². The fourth-order valence-corrected chi connectivity index (χ4v) is 2.79. The van der Waals surface area contributed by atoms with Gasteiger partial charge in [0.25, 0.3) is 0 Å². The van der Waals surface area contributed by atoms with Crippen LogP contribution in [0.4, 0.5) is 11.6 Å². The number of rotatable bonds is 2. The number of nitroso groups, excluding NO2 is 1. The second kappa shape index (κ2) is 4.63. The second-order valence-electron chi connectivity index (χ2n) is 4.91. The molecule has 3 aromatic heterocycles. The van der Waals surface area contributed by atoms with E-state index in [1.165, 1.54) is 0 Å². The predicted molar refractivity (Wildman–Crippen MR) is 85.8 cm³/mol. The molecule has 1 aromatic carbocycles. The first kappa shape index (κ1) is 12.5. The molecule has 2 N–H and O–H groups in total. The normalized spacial score (nSPS) is 11.1. The van der Waals surface area contributed by atoms with Gasteiger partial charge in [0.1, 0.15) is 11.3 Å². The minimum atomic E-state index is 0.372. The van der Waals surface area contributed by atoms with E-state index in [0.29, 0.717) is 11.6 Å². The van der Waals surface area contributed by atoms with E-state index >= 15 is 0 Å². The van der Waals surface area contributed by atoms with Crippen molar-refractivity contribution in [1.82, 2.24) is 14.4 Å². The molecule has 4 rings (SSSR count). The molecule has 0 atom stereocenters. The molecule has 0 fully saturated rings. The lowest BCUT2D eigenvalue weighted by molar-refractivity contribution is 1.12. The quantitative estimate of drug-likeness (QED) is 0.572. The van der Waals surface area contributed by atoms with Gasteiger partial charge in [0.05, 0.1) is 5.52 Å². The lowest BCUT2D eigenvalue weighted by Crippen LogP contribution is -1.99. The molecule has 22 heavy (non-hydrogen) atoms. The van der Waals surface area contributed by atoms with Crippen LogP contribution < -0.4 is 5.73 Å². The number of fused-ring (bicyclic) bond motifs is 3.